The first-order valence-corrected chi connectivity index (χ1v) is 6.43. The summed E-state index contributed by atoms with van der Waals surface area (Å²) >= 11 is 0. The van der Waals surface area contributed by atoms with E-state index >= 15 is 0 Å². The first-order chi connectivity index (χ1) is 8.79. The van der Waals surface area contributed by atoms with Gasteiger partial charge in [-0.15, -0.1) is 0 Å². The molecule has 0 aliphatic rings. The van der Waals surface area contributed by atoms with Crippen LogP contribution in [0.4, 0.5) is 0 Å². The van der Waals surface area contributed by atoms with Crippen LogP contribution in [0.2, 0.25) is 0 Å². The summed E-state index contributed by atoms with van der Waals surface area (Å²) in [5.74, 6) is 0.888. The maximum atomic E-state index is 8.58. The van der Waals surface area contributed by atoms with Crippen LogP contribution in [0.3, 0.4) is 0 Å². The van der Waals surface area contributed by atoms with Gasteiger partial charge in [-0.25, -0.2) is 0 Å². The number of hydrogen-bond donors (Lipinski definition) is 2. The Balaban J connectivity index is 2.48. The number of aliphatic hydroxyl groups excluding tert-OH is 1. The van der Waals surface area contributed by atoms with Crippen LogP contribution in [0.1, 0.15) is 25.5 Å². The van der Waals surface area contributed by atoms with Gasteiger partial charge in [0.25, 0.3) is 0 Å². The van der Waals surface area contributed by atoms with Crippen molar-refractivity contribution in [3.8, 4) is 5.75 Å². The van der Waals surface area contributed by atoms with E-state index in [2.05, 4.69) is 25.2 Å². The van der Waals surface area contributed by atoms with Crippen molar-refractivity contribution < 1.29 is 14.6 Å². The molecule has 0 bridgehead atoms. The summed E-state index contributed by atoms with van der Waals surface area (Å²) in [7, 11) is 0. The lowest BCUT2D eigenvalue weighted by atomic mass is 10.1. The second-order valence-electron chi connectivity index (χ2n) is 4.00. The lowest BCUT2D eigenvalue weighted by Gasteiger charge is -2.17. The molecule has 0 radical (unpaired) electrons. The molecule has 0 spiro atoms. The Hall–Kier alpha value is -1.10. The van der Waals surface area contributed by atoms with Gasteiger partial charge in [-0.2, -0.15) is 0 Å². The molecule has 1 atom stereocenters. The standard InChI is InChI=1S/C14H23NO3/c1-3-15-12(2)13-6-4-5-7-14(13)18-11-10-17-9-8-16/h4-7,12,15-16H,3,8-11H2,1-2H3. The smallest absolute Gasteiger partial charge is 0.124 e. The summed E-state index contributed by atoms with van der Waals surface area (Å²) in [5.41, 5.74) is 1.15. The Labute approximate surface area is 109 Å². The Morgan fingerprint density at radius 1 is 1.22 bits per heavy atom. The molecule has 0 saturated carbocycles. The average Bonchev–Trinajstić information content (AvgIpc) is 2.39. The number of para-hydroxylation sites is 1. The zero-order valence-electron chi connectivity index (χ0n) is 11.2. The predicted molar refractivity (Wildman–Crippen MR) is 71.9 cm³/mol. The molecule has 1 aromatic carbocycles. The van der Waals surface area contributed by atoms with Crippen molar-refractivity contribution in [2.75, 3.05) is 33.0 Å². The third kappa shape index (κ3) is 5.04. The summed E-state index contributed by atoms with van der Waals surface area (Å²) in [5, 5.41) is 12.0. The van der Waals surface area contributed by atoms with Crippen molar-refractivity contribution in [2.45, 2.75) is 19.9 Å². The molecule has 4 heteroatoms. The third-order valence-electron chi connectivity index (χ3n) is 2.62. The minimum Gasteiger partial charge on any atom is -0.491 e. The van der Waals surface area contributed by atoms with E-state index < -0.39 is 0 Å². The van der Waals surface area contributed by atoms with Crippen molar-refractivity contribution >= 4 is 0 Å². The minimum absolute atomic E-state index is 0.0496. The summed E-state index contributed by atoms with van der Waals surface area (Å²) < 4.78 is 10.9. The highest BCUT2D eigenvalue weighted by molar-refractivity contribution is 5.35. The van der Waals surface area contributed by atoms with E-state index in [0.717, 1.165) is 17.9 Å². The largest absolute Gasteiger partial charge is 0.491 e. The normalized spacial score (nSPS) is 12.4. The van der Waals surface area contributed by atoms with Crippen molar-refractivity contribution in [3.63, 3.8) is 0 Å². The Morgan fingerprint density at radius 2 is 2.00 bits per heavy atom. The fraction of sp³-hybridized carbons (Fsp3) is 0.571. The first-order valence-electron chi connectivity index (χ1n) is 6.43. The third-order valence-corrected chi connectivity index (χ3v) is 2.62. The summed E-state index contributed by atoms with van der Waals surface area (Å²) in [6.07, 6.45) is 0. The summed E-state index contributed by atoms with van der Waals surface area (Å²) in [4.78, 5) is 0. The summed E-state index contributed by atoms with van der Waals surface area (Å²) in [6.45, 7) is 6.53. The average molecular weight is 253 g/mol. The molecule has 1 rings (SSSR count). The fourth-order valence-corrected chi connectivity index (χ4v) is 1.76. The van der Waals surface area contributed by atoms with E-state index in [1.165, 1.54) is 0 Å². The van der Waals surface area contributed by atoms with Gasteiger partial charge in [-0.3, -0.25) is 0 Å². The number of ether oxygens (including phenoxy) is 2. The van der Waals surface area contributed by atoms with E-state index in [1.54, 1.807) is 0 Å². The second-order valence-corrected chi connectivity index (χ2v) is 4.00. The molecule has 1 unspecified atom stereocenters. The summed E-state index contributed by atoms with van der Waals surface area (Å²) in [6, 6.07) is 8.28. The minimum atomic E-state index is 0.0496. The van der Waals surface area contributed by atoms with E-state index in [9.17, 15) is 0 Å². The zero-order valence-corrected chi connectivity index (χ0v) is 11.2. The highest BCUT2D eigenvalue weighted by Gasteiger charge is 2.09. The van der Waals surface area contributed by atoms with Gasteiger partial charge < -0.3 is 19.9 Å². The van der Waals surface area contributed by atoms with Gasteiger partial charge in [0.1, 0.15) is 12.4 Å². The topological polar surface area (TPSA) is 50.7 Å². The Morgan fingerprint density at radius 3 is 2.72 bits per heavy atom. The van der Waals surface area contributed by atoms with Gasteiger partial charge in [0.15, 0.2) is 0 Å². The van der Waals surface area contributed by atoms with Crippen LogP contribution in [-0.2, 0) is 4.74 Å². The van der Waals surface area contributed by atoms with E-state index in [4.69, 9.17) is 14.6 Å². The van der Waals surface area contributed by atoms with Crippen LogP contribution < -0.4 is 10.1 Å². The van der Waals surface area contributed by atoms with E-state index in [-0.39, 0.29) is 12.6 Å². The molecule has 0 aromatic heterocycles. The zero-order chi connectivity index (χ0) is 13.2. The van der Waals surface area contributed by atoms with Gasteiger partial charge in [-0.05, 0) is 19.5 Å². The monoisotopic (exact) mass is 253 g/mol. The Bertz CT molecular complexity index is 331. The van der Waals surface area contributed by atoms with Crippen LogP contribution in [-0.4, -0.2) is 38.1 Å². The van der Waals surface area contributed by atoms with E-state index in [0.29, 0.717) is 19.8 Å². The number of hydrogen-bond acceptors (Lipinski definition) is 4. The second kappa shape index (κ2) is 8.91. The van der Waals surface area contributed by atoms with Gasteiger partial charge in [0.05, 0.1) is 19.8 Å². The molecule has 102 valence electrons. The lowest BCUT2D eigenvalue weighted by molar-refractivity contribution is 0.0702. The first kappa shape index (κ1) is 15.0. The van der Waals surface area contributed by atoms with Gasteiger partial charge in [-0.1, -0.05) is 25.1 Å². The number of benzene rings is 1. The number of rotatable bonds is 9. The highest BCUT2D eigenvalue weighted by atomic mass is 16.5. The molecule has 4 nitrogen and oxygen atoms in total. The molecular weight excluding hydrogens is 230 g/mol. The lowest BCUT2D eigenvalue weighted by Crippen LogP contribution is -2.19. The maximum Gasteiger partial charge on any atom is 0.124 e. The predicted octanol–water partition coefficient (Wildman–Crippen LogP) is 1.74. The molecule has 0 aliphatic carbocycles. The molecule has 0 heterocycles. The van der Waals surface area contributed by atoms with Crippen molar-refractivity contribution in [3.05, 3.63) is 29.8 Å². The van der Waals surface area contributed by atoms with Crippen LogP contribution in [0.5, 0.6) is 5.75 Å². The van der Waals surface area contributed by atoms with E-state index in [1.807, 2.05) is 18.2 Å². The molecule has 1 aromatic rings. The van der Waals surface area contributed by atoms with Crippen LogP contribution in [0.15, 0.2) is 24.3 Å². The van der Waals surface area contributed by atoms with Crippen molar-refractivity contribution in [1.29, 1.82) is 0 Å². The highest BCUT2D eigenvalue weighted by Crippen LogP contribution is 2.24. The quantitative estimate of drug-likeness (QED) is 0.658. The van der Waals surface area contributed by atoms with Gasteiger partial charge in [0, 0.05) is 11.6 Å². The number of aliphatic hydroxyl groups is 1. The molecule has 2 N–H and O–H groups in total. The van der Waals surface area contributed by atoms with Gasteiger partial charge in [0.2, 0.25) is 0 Å². The molecule has 0 aliphatic heterocycles. The molecule has 0 fully saturated rings. The molecular formula is C14H23NO3. The van der Waals surface area contributed by atoms with Crippen LogP contribution in [0.25, 0.3) is 0 Å². The van der Waals surface area contributed by atoms with Crippen LogP contribution >= 0.6 is 0 Å². The molecule has 18 heavy (non-hydrogen) atoms. The van der Waals surface area contributed by atoms with Gasteiger partial charge >= 0.3 is 0 Å². The van der Waals surface area contributed by atoms with Crippen molar-refractivity contribution in [1.82, 2.24) is 5.32 Å². The Kier molecular flexibility index (Phi) is 7.41. The maximum absolute atomic E-state index is 8.58. The number of nitrogens with one attached hydrogen (secondary N) is 1. The molecule has 0 saturated heterocycles. The SMILES string of the molecule is CCNC(C)c1ccccc1OCCOCCO. The fourth-order valence-electron chi connectivity index (χ4n) is 1.76. The molecule has 0 amide bonds. The van der Waals surface area contributed by atoms with Crippen molar-refractivity contribution in [2.24, 2.45) is 0 Å². The van der Waals surface area contributed by atoms with Crippen LogP contribution in [0, 0.1) is 0 Å².